The van der Waals surface area contributed by atoms with Crippen LogP contribution in [-0.2, 0) is 10.2 Å². The Morgan fingerprint density at radius 1 is 0.897 bits per heavy atom. The van der Waals surface area contributed by atoms with Gasteiger partial charge >= 0.3 is 0 Å². The van der Waals surface area contributed by atoms with E-state index < -0.39 is 41.0 Å². The van der Waals surface area contributed by atoms with Crippen LogP contribution in [0.3, 0.4) is 0 Å². The molecule has 0 heterocycles. The fraction of sp³-hybridized carbons (Fsp3) is 0.364. The van der Waals surface area contributed by atoms with Gasteiger partial charge in [-0.2, -0.15) is 0 Å². The third kappa shape index (κ3) is 5.37. The van der Waals surface area contributed by atoms with Crippen molar-refractivity contribution in [2.75, 3.05) is 5.32 Å². The van der Waals surface area contributed by atoms with E-state index in [4.69, 9.17) is 0 Å². The van der Waals surface area contributed by atoms with Gasteiger partial charge in [-0.3, -0.25) is 9.59 Å². The van der Waals surface area contributed by atoms with Crippen LogP contribution in [0.2, 0.25) is 0 Å². The predicted octanol–water partition coefficient (Wildman–Crippen LogP) is 4.79. The van der Waals surface area contributed by atoms with E-state index in [9.17, 15) is 22.8 Å². The fourth-order valence-corrected chi connectivity index (χ4v) is 2.71. The first-order valence-electron chi connectivity index (χ1n) is 9.27. The molecule has 0 aliphatic carbocycles. The second-order valence-electron chi connectivity index (χ2n) is 8.23. The molecule has 4 nitrogen and oxygen atoms in total. The number of halogens is 3. The molecule has 0 saturated carbocycles. The first-order valence-corrected chi connectivity index (χ1v) is 9.27. The summed E-state index contributed by atoms with van der Waals surface area (Å²) in [5.74, 6) is -6.06. The number of hydrogen-bond acceptors (Lipinski definition) is 2. The Kier molecular flexibility index (Phi) is 6.72. The molecule has 29 heavy (non-hydrogen) atoms. The number of carbonyl (C=O) groups excluding carboxylic acids is 2. The molecule has 0 aromatic heterocycles. The van der Waals surface area contributed by atoms with Gasteiger partial charge in [0.25, 0.3) is 5.91 Å². The van der Waals surface area contributed by atoms with Crippen molar-refractivity contribution in [2.24, 2.45) is 5.92 Å². The van der Waals surface area contributed by atoms with Crippen LogP contribution in [0.25, 0.3) is 0 Å². The molecule has 1 atom stereocenters. The number of benzene rings is 2. The fourth-order valence-electron chi connectivity index (χ4n) is 2.71. The van der Waals surface area contributed by atoms with Crippen molar-refractivity contribution >= 4 is 17.5 Å². The Morgan fingerprint density at radius 3 is 2.00 bits per heavy atom. The van der Waals surface area contributed by atoms with Gasteiger partial charge in [0, 0.05) is 5.56 Å². The summed E-state index contributed by atoms with van der Waals surface area (Å²) < 4.78 is 40.3. The molecule has 2 N–H and O–H groups in total. The van der Waals surface area contributed by atoms with Gasteiger partial charge in [0.05, 0.1) is 5.69 Å². The van der Waals surface area contributed by atoms with E-state index in [1.165, 1.54) is 0 Å². The monoisotopic (exact) mass is 406 g/mol. The van der Waals surface area contributed by atoms with E-state index in [2.05, 4.69) is 31.4 Å². The lowest BCUT2D eigenvalue weighted by atomic mass is 9.86. The highest BCUT2D eigenvalue weighted by atomic mass is 19.2. The summed E-state index contributed by atoms with van der Waals surface area (Å²) in [5.41, 5.74) is 0.865. The minimum absolute atomic E-state index is 0.0656. The Hall–Kier alpha value is -2.83. The van der Waals surface area contributed by atoms with Gasteiger partial charge in [-0.15, -0.1) is 0 Å². The number of anilines is 1. The molecule has 0 spiro atoms. The standard InChI is InChI=1S/C22H25F3N2O2/c1-12(2)19(21(29)26-16-11-10-15(23)17(24)18(16)25)27-20(28)13-6-8-14(9-7-13)22(3,4)5/h6-12,19H,1-5H3,(H,26,29)(H,27,28)/t19-/m1/s1. The molecule has 2 rings (SSSR count). The number of amides is 2. The minimum atomic E-state index is -1.67. The van der Waals surface area contributed by atoms with Crippen molar-refractivity contribution in [1.82, 2.24) is 5.32 Å². The lowest BCUT2D eigenvalue weighted by Gasteiger charge is -2.22. The lowest BCUT2D eigenvalue weighted by Crippen LogP contribution is -2.47. The highest BCUT2D eigenvalue weighted by molar-refractivity contribution is 6.01. The highest BCUT2D eigenvalue weighted by Crippen LogP contribution is 2.23. The van der Waals surface area contributed by atoms with Crippen LogP contribution in [0.1, 0.15) is 50.5 Å². The van der Waals surface area contributed by atoms with E-state index >= 15 is 0 Å². The molecule has 2 aromatic rings. The normalized spacial score (nSPS) is 12.6. The van der Waals surface area contributed by atoms with Crippen molar-refractivity contribution in [3.8, 4) is 0 Å². The molecule has 7 heteroatoms. The molecule has 0 saturated heterocycles. The van der Waals surface area contributed by atoms with Gasteiger partial charge in [0.15, 0.2) is 17.5 Å². The van der Waals surface area contributed by atoms with E-state index in [0.717, 1.165) is 11.6 Å². The maximum absolute atomic E-state index is 13.8. The third-order valence-corrected chi connectivity index (χ3v) is 4.54. The van der Waals surface area contributed by atoms with E-state index in [1.54, 1.807) is 26.0 Å². The van der Waals surface area contributed by atoms with Gasteiger partial charge in [-0.05, 0) is 41.2 Å². The molecular weight excluding hydrogens is 381 g/mol. The SMILES string of the molecule is CC(C)[C@@H](NC(=O)c1ccc(C(C)(C)C)cc1)C(=O)Nc1ccc(F)c(F)c1F. The van der Waals surface area contributed by atoms with Crippen molar-refractivity contribution in [3.05, 3.63) is 65.0 Å². The Balaban J connectivity index is 2.16. The first kappa shape index (κ1) is 22.5. The maximum atomic E-state index is 13.8. The smallest absolute Gasteiger partial charge is 0.251 e. The second kappa shape index (κ2) is 8.68. The quantitative estimate of drug-likeness (QED) is 0.701. The molecule has 2 aromatic carbocycles. The highest BCUT2D eigenvalue weighted by Gasteiger charge is 2.26. The van der Waals surface area contributed by atoms with Crippen LogP contribution < -0.4 is 10.6 Å². The first-order chi connectivity index (χ1) is 13.4. The summed E-state index contributed by atoms with van der Waals surface area (Å²) in [7, 11) is 0. The molecule has 0 aliphatic rings. The van der Waals surface area contributed by atoms with Gasteiger partial charge < -0.3 is 10.6 Å². The number of rotatable bonds is 5. The van der Waals surface area contributed by atoms with Crippen LogP contribution in [0.5, 0.6) is 0 Å². The average Bonchev–Trinajstić information content (AvgIpc) is 2.65. The summed E-state index contributed by atoms with van der Waals surface area (Å²) in [4.78, 5) is 25.1. The van der Waals surface area contributed by atoms with Crippen molar-refractivity contribution in [1.29, 1.82) is 0 Å². The molecule has 0 fully saturated rings. The number of nitrogens with one attached hydrogen (secondary N) is 2. The number of hydrogen-bond donors (Lipinski definition) is 2. The van der Waals surface area contributed by atoms with Gasteiger partial charge in [0.2, 0.25) is 5.91 Å². The van der Waals surface area contributed by atoms with Crippen LogP contribution in [-0.4, -0.2) is 17.9 Å². The predicted molar refractivity (Wildman–Crippen MR) is 106 cm³/mol. The molecule has 0 aliphatic heterocycles. The Bertz CT molecular complexity index is 904. The summed E-state index contributed by atoms with van der Waals surface area (Å²) >= 11 is 0. The van der Waals surface area contributed by atoms with Gasteiger partial charge in [-0.1, -0.05) is 46.8 Å². The summed E-state index contributed by atoms with van der Waals surface area (Å²) in [5, 5.41) is 4.83. The van der Waals surface area contributed by atoms with Crippen LogP contribution >= 0.6 is 0 Å². The number of carbonyl (C=O) groups is 2. The molecule has 0 unspecified atom stereocenters. The van der Waals surface area contributed by atoms with Crippen molar-refractivity contribution in [3.63, 3.8) is 0 Å². The summed E-state index contributed by atoms with van der Waals surface area (Å²) in [6.45, 7) is 9.57. The molecule has 0 bridgehead atoms. The van der Waals surface area contributed by atoms with E-state index in [-0.39, 0.29) is 11.3 Å². The van der Waals surface area contributed by atoms with Crippen molar-refractivity contribution in [2.45, 2.75) is 46.1 Å². The Labute approximate surface area is 168 Å². The van der Waals surface area contributed by atoms with Gasteiger partial charge in [-0.25, -0.2) is 13.2 Å². The second-order valence-corrected chi connectivity index (χ2v) is 8.23. The van der Waals surface area contributed by atoms with Crippen LogP contribution in [0.15, 0.2) is 36.4 Å². The Morgan fingerprint density at radius 2 is 1.48 bits per heavy atom. The topological polar surface area (TPSA) is 58.2 Å². The zero-order valence-electron chi connectivity index (χ0n) is 17.1. The van der Waals surface area contributed by atoms with E-state index in [1.807, 2.05) is 12.1 Å². The minimum Gasteiger partial charge on any atom is -0.340 e. The van der Waals surface area contributed by atoms with Gasteiger partial charge in [0.1, 0.15) is 6.04 Å². The lowest BCUT2D eigenvalue weighted by molar-refractivity contribution is -0.118. The van der Waals surface area contributed by atoms with Crippen LogP contribution in [0, 0.1) is 23.4 Å². The largest absolute Gasteiger partial charge is 0.340 e. The van der Waals surface area contributed by atoms with Crippen LogP contribution in [0.4, 0.5) is 18.9 Å². The van der Waals surface area contributed by atoms with E-state index in [0.29, 0.717) is 11.6 Å². The van der Waals surface area contributed by atoms with Crippen molar-refractivity contribution < 1.29 is 22.8 Å². The maximum Gasteiger partial charge on any atom is 0.251 e. The molecule has 0 radical (unpaired) electrons. The molecular formula is C22H25F3N2O2. The zero-order chi connectivity index (χ0) is 21.9. The zero-order valence-corrected chi connectivity index (χ0v) is 17.1. The average molecular weight is 406 g/mol. The summed E-state index contributed by atoms with van der Waals surface area (Å²) in [6, 6.07) is 7.66. The molecule has 2 amide bonds. The summed E-state index contributed by atoms with van der Waals surface area (Å²) in [6.07, 6.45) is 0. The third-order valence-electron chi connectivity index (χ3n) is 4.54. The molecule has 156 valence electrons.